The number of ether oxygens (including phenoxy) is 1. The molecule has 3 heteroatoms. The van der Waals surface area contributed by atoms with Crippen molar-refractivity contribution in [3.8, 4) is 0 Å². The van der Waals surface area contributed by atoms with Crippen molar-refractivity contribution in [1.29, 1.82) is 0 Å². The Labute approximate surface area is 112 Å². The minimum Gasteiger partial charge on any atom is -0.380 e. The highest BCUT2D eigenvalue weighted by atomic mass is 16.5. The lowest BCUT2D eigenvalue weighted by Crippen LogP contribution is -2.40. The number of hydrogen-bond donors (Lipinski definition) is 2. The number of hydrogen-bond acceptors (Lipinski definition) is 3. The van der Waals surface area contributed by atoms with E-state index in [0.717, 1.165) is 18.5 Å². The van der Waals surface area contributed by atoms with Gasteiger partial charge in [0.25, 0.3) is 0 Å². The van der Waals surface area contributed by atoms with E-state index in [1.54, 1.807) is 0 Å². The van der Waals surface area contributed by atoms with Crippen LogP contribution in [0.2, 0.25) is 0 Å². The molecule has 1 saturated carbocycles. The summed E-state index contributed by atoms with van der Waals surface area (Å²) in [5, 5.41) is 7.34. The summed E-state index contributed by atoms with van der Waals surface area (Å²) in [6, 6.07) is 1.31. The van der Waals surface area contributed by atoms with E-state index in [4.69, 9.17) is 4.74 Å². The second kappa shape index (κ2) is 7.46. The van der Waals surface area contributed by atoms with Gasteiger partial charge in [0.15, 0.2) is 0 Å². The summed E-state index contributed by atoms with van der Waals surface area (Å²) in [6.45, 7) is 4.54. The standard InChI is InChI=1S/C15H30N2O/c1-12(10-14-6-4-3-5-9-16-14)17-11-15(18-2)13-7-8-13/h12-17H,3-11H2,1-2H3. The Morgan fingerprint density at radius 3 is 2.78 bits per heavy atom. The van der Waals surface area contributed by atoms with Gasteiger partial charge in [0.1, 0.15) is 0 Å². The first kappa shape index (κ1) is 14.3. The smallest absolute Gasteiger partial charge is 0.0723 e. The van der Waals surface area contributed by atoms with E-state index in [1.807, 2.05) is 7.11 Å². The fourth-order valence-corrected chi connectivity index (χ4v) is 3.04. The molecule has 0 bridgehead atoms. The number of rotatable bonds is 7. The van der Waals surface area contributed by atoms with Crippen LogP contribution in [0.4, 0.5) is 0 Å². The number of methoxy groups -OCH3 is 1. The predicted octanol–water partition coefficient (Wildman–Crippen LogP) is 2.31. The Hall–Kier alpha value is -0.120. The maximum atomic E-state index is 5.56. The highest BCUT2D eigenvalue weighted by Gasteiger charge is 2.31. The van der Waals surface area contributed by atoms with Crippen molar-refractivity contribution >= 4 is 0 Å². The lowest BCUT2D eigenvalue weighted by molar-refractivity contribution is 0.0811. The van der Waals surface area contributed by atoms with E-state index >= 15 is 0 Å². The van der Waals surface area contributed by atoms with Crippen LogP contribution in [0.25, 0.3) is 0 Å². The Bertz CT molecular complexity index is 223. The summed E-state index contributed by atoms with van der Waals surface area (Å²) in [5.74, 6) is 0.825. The third-order valence-electron chi connectivity index (χ3n) is 4.42. The molecule has 2 fully saturated rings. The molecule has 18 heavy (non-hydrogen) atoms. The quantitative estimate of drug-likeness (QED) is 0.731. The van der Waals surface area contributed by atoms with Crippen LogP contribution in [0.3, 0.4) is 0 Å². The zero-order valence-corrected chi connectivity index (χ0v) is 12.1. The zero-order chi connectivity index (χ0) is 12.8. The Balaban J connectivity index is 1.62. The van der Waals surface area contributed by atoms with Crippen molar-refractivity contribution in [2.24, 2.45) is 5.92 Å². The van der Waals surface area contributed by atoms with E-state index in [1.165, 1.54) is 51.5 Å². The van der Waals surface area contributed by atoms with Gasteiger partial charge in [-0.25, -0.2) is 0 Å². The van der Waals surface area contributed by atoms with Crippen molar-refractivity contribution in [3.63, 3.8) is 0 Å². The molecular weight excluding hydrogens is 224 g/mol. The summed E-state index contributed by atoms with van der Waals surface area (Å²) >= 11 is 0. The highest BCUT2D eigenvalue weighted by molar-refractivity contribution is 4.84. The molecule has 2 N–H and O–H groups in total. The molecule has 0 radical (unpaired) electrons. The lowest BCUT2D eigenvalue weighted by Gasteiger charge is -2.23. The van der Waals surface area contributed by atoms with Gasteiger partial charge in [-0.1, -0.05) is 12.8 Å². The second-order valence-electron chi connectivity index (χ2n) is 6.16. The molecule has 0 amide bonds. The Morgan fingerprint density at radius 1 is 1.22 bits per heavy atom. The minimum atomic E-state index is 0.439. The van der Waals surface area contributed by atoms with E-state index in [2.05, 4.69) is 17.6 Å². The maximum Gasteiger partial charge on any atom is 0.0723 e. The molecular formula is C15H30N2O. The van der Waals surface area contributed by atoms with E-state index in [-0.39, 0.29) is 0 Å². The van der Waals surface area contributed by atoms with E-state index in [0.29, 0.717) is 12.1 Å². The van der Waals surface area contributed by atoms with Crippen LogP contribution >= 0.6 is 0 Å². The van der Waals surface area contributed by atoms with Gasteiger partial charge in [0.05, 0.1) is 6.10 Å². The first-order valence-corrected chi connectivity index (χ1v) is 7.79. The van der Waals surface area contributed by atoms with Gasteiger partial charge in [-0.15, -0.1) is 0 Å². The molecule has 1 heterocycles. The molecule has 0 aromatic carbocycles. The van der Waals surface area contributed by atoms with Gasteiger partial charge < -0.3 is 15.4 Å². The molecule has 0 aromatic rings. The first-order valence-electron chi connectivity index (χ1n) is 7.79. The summed E-state index contributed by atoms with van der Waals surface area (Å²) in [6.07, 6.45) is 9.91. The molecule has 3 unspecified atom stereocenters. The molecule has 1 aliphatic carbocycles. The third kappa shape index (κ3) is 4.87. The monoisotopic (exact) mass is 254 g/mol. The molecule has 0 aromatic heterocycles. The van der Waals surface area contributed by atoms with Crippen molar-refractivity contribution in [2.45, 2.75) is 70.1 Å². The van der Waals surface area contributed by atoms with Gasteiger partial charge in [-0.05, 0) is 51.5 Å². The molecule has 3 nitrogen and oxygen atoms in total. The Morgan fingerprint density at radius 2 is 2.06 bits per heavy atom. The fourth-order valence-electron chi connectivity index (χ4n) is 3.04. The van der Waals surface area contributed by atoms with Crippen LogP contribution in [0.1, 0.15) is 51.9 Å². The van der Waals surface area contributed by atoms with Crippen molar-refractivity contribution in [2.75, 3.05) is 20.2 Å². The van der Waals surface area contributed by atoms with Crippen LogP contribution in [-0.2, 0) is 4.74 Å². The normalized spacial score (nSPS) is 28.7. The summed E-state index contributed by atoms with van der Waals surface area (Å²) in [7, 11) is 1.85. The largest absolute Gasteiger partial charge is 0.380 e. The van der Waals surface area contributed by atoms with Crippen molar-refractivity contribution in [3.05, 3.63) is 0 Å². The summed E-state index contributed by atoms with van der Waals surface area (Å²) in [4.78, 5) is 0. The van der Waals surface area contributed by atoms with Crippen LogP contribution < -0.4 is 10.6 Å². The van der Waals surface area contributed by atoms with Crippen molar-refractivity contribution < 1.29 is 4.74 Å². The molecule has 3 atom stereocenters. The van der Waals surface area contributed by atoms with E-state index in [9.17, 15) is 0 Å². The second-order valence-corrected chi connectivity index (χ2v) is 6.16. The third-order valence-corrected chi connectivity index (χ3v) is 4.42. The lowest BCUT2D eigenvalue weighted by atomic mass is 10.0. The topological polar surface area (TPSA) is 33.3 Å². The van der Waals surface area contributed by atoms with E-state index < -0.39 is 0 Å². The average Bonchev–Trinajstić information content (AvgIpc) is 3.17. The highest BCUT2D eigenvalue weighted by Crippen LogP contribution is 2.33. The average molecular weight is 254 g/mol. The van der Waals surface area contributed by atoms with Gasteiger partial charge in [0.2, 0.25) is 0 Å². The van der Waals surface area contributed by atoms with Gasteiger partial charge in [-0.2, -0.15) is 0 Å². The fraction of sp³-hybridized carbons (Fsp3) is 1.00. The maximum absolute atomic E-state index is 5.56. The molecule has 106 valence electrons. The van der Waals surface area contributed by atoms with Gasteiger partial charge in [-0.3, -0.25) is 0 Å². The van der Waals surface area contributed by atoms with Crippen LogP contribution in [0.5, 0.6) is 0 Å². The summed E-state index contributed by atoms with van der Waals surface area (Å²) in [5.41, 5.74) is 0. The van der Waals surface area contributed by atoms with Crippen LogP contribution in [0, 0.1) is 5.92 Å². The minimum absolute atomic E-state index is 0.439. The molecule has 2 aliphatic rings. The predicted molar refractivity (Wildman–Crippen MR) is 75.9 cm³/mol. The molecule has 2 rings (SSSR count). The Kier molecular flexibility index (Phi) is 5.93. The first-order chi connectivity index (χ1) is 8.79. The van der Waals surface area contributed by atoms with Gasteiger partial charge >= 0.3 is 0 Å². The van der Waals surface area contributed by atoms with Crippen molar-refractivity contribution in [1.82, 2.24) is 10.6 Å². The van der Waals surface area contributed by atoms with Crippen LogP contribution in [-0.4, -0.2) is 38.4 Å². The summed E-state index contributed by atoms with van der Waals surface area (Å²) < 4.78 is 5.56. The molecule has 0 spiro atoms. The SMILES string of the molecule is COC(CNC(C)CC1CCCCCN1)C1CC1. The van der Waals surface area contributed by atoms with Gasteiger partial charge in [0, 0.05) is 25.7 Å². The zero-order valence-electron chi connectivity index (χ0n) is 12.1. The molecule has 1 aliphatic heterocycles. The molecule has 1 saturated heterocycles. The van der Waals surface area contributed by atoms with Crippen LogP contribution in [0.15, 0.2) is 0 Å². The number of nitrogens with one attached hydrogen (secondary N) is 2.